The molecule has 10 heteroatoms. The molecule has 4 aliphatic rings. The summed E-state index contributed by atoms with van der Waals surface area (Å²) in [6.07, 6.45) is 8.12. The number of nitrogens with two attached hydrogens (primary N) is 1. The molecule has 39 heavy (non-hydrogen) atoms. The van der Waals surface area contributed by atoms with Crippen molar-refractivity contribution < 1.29 is 9.47 Å². The minimum absolute atomic E-state index is 0.339. The fraction of sp³-hybridized carbons (Fsp3) is 0.379. The average Bonchev–Trinajstić information content (AvgIpc) is 3.01. The molecule has 0 saturated carbocycles. The molecule has 0 spiro atoms. The molecule has 200 valence electrons. The lowest BCUT2D eigenvalue weighted by Gasteiger charge is -2.56. The summed E-state index contributed by atoms with van der Waals surface area (Å²) in [6, 6.07) is 13.4. The van der Waals surface area contributed by atoms with E-state index in [2.05, 4.69) is 55.0 Å². The Kier molecular flexibility index (Phi) is 7.00. The number of hydrogen-bond acceptors (Lipinski definition) is 10. The normalized spacial score (nSPS) is 21.3. The molecule has 3 aromatic rings. The van der Waals surface area contributed by atoms with Gasteiger partial charge < -0.3 is 25.0 Å². The summed E-state index contributed by atoms with van der Waals surface area (Å²) in [4.78, 5) is 21.0. The molecule has 3 aromatic heterocycles. The predicted molar refractivity (Wildman–Crippen MR) is 149 cm³/mol. The number of aromatic nitrogens is 3. The number of pyridine rings is 3. The van der Waals surface area contributed by atoms with Gasteiger partial charge in [-0.1, -0.05) is 6.07 Å². The van der Waals surface area contributed by atoms with Crippen LogP contribution in [0.5, 0.6) is 5.88 Å². The van der Waals surface area contributed by atoms with Crippen molar-refractivity contribution in [3.63, 3.8) is 0 Å². The average molecular weight is 525 g/mol. The Bertz CT molecular complexity index is 1370. The maximum absolute atomic E-state index is 9.65. The van der Waals surface area contributed by atoms with Crippen LogP contribution >= 0.6 is 0 Å². The molecule has 2 unspecified atom stereocenters. The molecule has 0 aliphatic carbocycles. The Morgan fingerprint density at radius 1 is 1.08 bits per heavy atom. The molecular formula is C29H32N8O2. The predicted octanol–water partition coefficient (Wildman–Crippen LogP) is 2.67. The number of piperazine rings is 1. The number of fused-ring (bicyclic) bond motifs is 2. The van der Waals surface area contributed by atoms with Crippen molar-refractivity contribution in [2.24, 2.45) is 5.73 Å². The molecule has 7 heterocycles. The topological polar surface area (TPSA) is 117 Å². The molecule has 4 saturated heterocycles. The summed E-state index contributed by atoms with van der Waals surface area (Å²) in [5, 5.41) is 9.65. The van der Waals surface area contributed by atoms with Gasteiger partial charge in [0.05, 0.1) is 43.5 Å². The lowest BCUT2D eigenvalue weighted by molar-refractivity contribution is -0.00876. The highest BCUT2D eigenvalue weighted by atomic mass is 16.5. The molecule has 4 fully saturated rings. The van der Waals surface area contributed by atoms with E-state index in [9.17, 15) is 5.26 Å². The van der Waals surface area contributed by atoms with E-state index in [0.717, 1.165) is 55.4 Å². The van der Waals surface area contributed by atoms with E-state index in [1.165, 1.54) is 18.2 Å². The van der Waals surface area contributed by atoms with E-state index in [1.807, 2.05) is 18.5 Å². The first-order valence-corrected chi connectivity index (χ1v) is 13.3. The van der Waals surface area contributed by atoms with E-state index < -0.39 is 0 Å². The number of hydrogen-bond donors (Lipinski definition) is 1. The maximum Gasteiger partial charge on any atom is 0.212 e. The van der Waals surface area contributed by atoms with Crippen LogP contribution in [0, 0.1) is 11.3 Å². The smallest absolute Gasteiger partial charge is 0.212 e. The van der Waals surface area contributed by atoms with Gasteiger partial charge in [0.25, 0.3) is 0 Å². The Balaban J connectivity index is 1.18. The minimum Gasteiger partial charge on any atom is -0.481 e. The van der Waals surface area contributed by atoms with Gasteiger partial charge in [-0.3, -0.25) is 9.88 Å². The van der Waals surface area contributed by atoms with Gasteiger partial charge in [0, 0.05) is 80.6 Å². The first kappa shape index (κ1) is 25.1. The van der Waals surface area contributed by atoms with Gasteiger partial charge in [0.2, 0.25) is 5.88 Å². The van der Waals surface area contributed by atoms with Gasteiger partial charge in [-0.2, -0.15) is 5.26 Å². The van der Waals surface area contributed by atoms with Crippen LogP contribution in [0.3, 0.4) is 0 Å². The third kappa shape index (κ3) is 4.99. The zero-order valence-electron chi connectivity index (χ0n) is 22.0. The molecule has 2 atom stereocenters. The van der Waals surface area contributed by atoms with Gasteiger partial charge >= 0.3 is 0 Å². The van der Waals surface area contributed by atoms with Crippen LogP contribution in [0.25, 0.3) is 16.7 Å². The number of ether oxygens (including phenoxy) is 2. The van der Waals surface area contributed by atoms with Crippen LogP contribution in [0.1, 0.15) is 17.7 Å². The zero-order chi connectivity index (χ0) is 26.8. The van der Waals surface area contributed by atoms with Crippen molar-refractivity contribution in [1.29, 1.82) is 5.26 Å². The van der Waals surface area contributed by atoms with Crippen molar-refractivity contribution in [2.75, 3.05) is 56.3 Å². The van der Waals surface area contributed by atoms with Crippen molar-refractivity contribution >= 4 is 17.1 Å². The number of methoxy groups -OCH3 is 1. The second-order valence-electron chi connectivity index (χ2n) is 10.1. The molecule has 0 amide bonds. The minimum atomic E-state index is 0.339. The largest absolute Gasteiger partial charge is 0.481 e. The van der Waals surface area contributed by atoms with Crippen LogP contribution in [0.15, 0.2) is 55.1 Å². The van der Waals surface area contributed by atoms with Crippen molar-refractivity contribution in [2.45, 2.75) is 25.0 Å². The number of piperidine rings is 1. The van der Waals surface area contributed by atoms with Gasteiger partial charge in [-0.25, -0.2) is 9.97 Å². The van der Waals surface area contributed by atoms with E-state index in [0.29, 0.717) is 42.4 Å². The molecule has 2 bridgehead atoms. The molecule has 0 radical (unpaired) electrons. The van der Waals surface area contributed by atoms with Gasteiger partial charge in [0.15, 0.2) is 0 Å². The van der Waals surface area contributed by atoms with Crippen LogP contribution in [0.4, 0.5) is 11.5 Å². The van der Waals surface area contributed by atoms with E-state index in [-0.39, 0.29) is 0 Å². The van der Waals surface area contributed by atoms with Crippen LogP contribution in [-0.2, 0) is 11.3 Å². The van der Waals surface area contributed by atoms with Crippen molar-refractivity contribution in [3.8, 4) is 23.1 Å². The quantitative estimate of drug-likeness (QED) is 0.462. The maximum atomic E-state index is 9.65. The first-order valence-electron chi connectivity index (χ1n) is 13.3. The molecule has 4 aliphatic heterocycles. The summed E-state index contributed by atoms with van der Waals surface area (Å²) in [5.41, 5.74) is 10.6. The Labute approximate surface area is 228 Å². The monoisotopic (exact) mass is 524 g/mol. The number of rotatable bonds is 7. The number of anilines is 2. The summed E-state index contributed by atoms with van der Waals surface area (Å²) in [7, 11) is 1.64. The van der Waals surface area contributed by atoms with Crippen molar-refractivity contribution in [1.82, 2.24) is 19.9 Å². The lowest BCUT2D eigenvalue weighted by Crippen LogP contribution is -2.68. The molecule has 10 nitrogen and oxygen atoms in total. The second-order valence-corrected chi connectivity index (χ2v) is 10.1. The molecule has 7 rings (SSSR count). The highest BCUT2D eigenvalue weighted by Gasteiger charge is 2.44. The Morgan fingerprint density at radius 3 is 2.54 bits per heavy atom. The molecule has 2 N–H and O–H groups in total. The standard InChI is InChI=1S/C29H32N8O2/c1-38-28-5-2-20(14-33-28)17-37-24-10-25(37)19-36(18-24)27-4-3-21(15-32-27)26-11-23(35-6-8-39-9-7-35)16-34-29(26)22(12-30)13-31/h2-5,11-12,14-16,24-25H,6-10,17-19,30H2,1H3. The van der Waals surface area contributed by atoms with E-state index in [1.54, 1.807) is 13.3 Å². The third-order valence-corrected chi connectivity index (χ3v) is 7.89. The van der Waals surface area contributed by atoms with Crippen LogP contribution in [-0.4, -0.2) is 78.4 Å². The zero-order valence-corrected chi connectivity index (χ0v) is 22.0. The summed E-state index contributed by atoms with van der Waals surface area (Å²) < 4.78 is 10.7. The number of morpholine rings is 1. The van der Waals surface area contributed by atoms with E-state index in [4.69, 9.17) is 20.2 Å². The summed E-state index contributed by atoms with van der Waals surface area (Å²) >= 11 is 0. The highest BCUT2D eigenvalue weighted by Crippen LogP contribution is 2.36. The Morgan fingerprint density at radius 2 is 1.90 bits per heavy atom. The van der Waals surface area contributed by atoms with Gasteiger partial charge in [-0.05, 0) is 30.2 Å². The molecule has 0 aromatic carbocycles. The first-order chi connectivity index (χ1) is 19.2. The van der Waals surface area contributed by atoms with E-state index >= 15 is 0 Å². The Hall–Kier alpha value is -4.20. The SMILES string of the molecule is COc1ccc(CN2C3CC2CN(c2ccc(-c4cc(N5CCOCC5)cnc4C(C#N)=CN)cn2)C3)cn1. The fourth-order valence-corrected chi connectivity index (χ4v) is 5.75. The number of allylic oxidation sites excluding steroid dienone is 1. The fourth-order valence-electron chi connectivity index (χ4n) is 5.75. The third-order valence-electron chi connectivity index (χ3n) is 7.89. The summed E-state index contributed by atoms with van der Waals surface area (Å²) in [6.45, 7) is 5.77. The highest BCUT2D eigenvalue weighted by molar-refractivity contribution is 5.86. The van der Waals surface area contributed by atoms with Gasteiger partial charge in [0.1, 0.15) is 11.9 Å². The number of nitriles is 1. The van der Waals surface area contributed by atoms with Crippen LogP contribution in [0.2, 0.25) is 0 Å². The molecular weight excluding hydrogens is 492 g/mol. The summed E-state index contributed by atoms with van der Waals surface area (Å²) in [5.74, 6) is 1.61. The van der Waals surface area contributed by atoms with Crippen molar-refractivity contribution in [3.05, 3.63) is 66.4 Å². The van der Waals surface area contributed by atoms with Gasteiger partial charge in [-0.15, -0.1) is 0 Å². The lowest BCUT2D eigenvalue weighted by atomic mass is 9.87. The number of nitrogens with zero attached hydrogens (tertiary/aromatic N) is 7. The second kappa shape index (κ2) is 10.9. The van der Waals surface area contributed by atoms with Crippen LogP contribution < -0.4 is 20.3 Å².